The van der Waals surface area contributed by atoms with Crippen LogP contribution in [-0.2, 0) is 24.3 Å². The van der Waals surface area contributed by atoms with Crippen LogP contribution in [0.4, 0.5) is 5.69 Å². The molecule has 0 saturated carbocycles. The molecule has 156 valence electrons. The zero-order chi connectivity index (χ0) is 21.6. The molecule has 0 aliphatic carbocycles. The highest BCUT2D eigenvalue weighted by molar-refractivity contribution is 7.92. The summed E-state index contributed by atoms with van der Waals surface area (Å²) in [4.78, 5) is 23.7. The van der Waals surface area contributed by atoms with Crippen molar-refractivity contribution in [3.05, 3.63) is 53.6 Å². The smallest absolute Gasteiger partial charge is 0.338 e. The third kappa shape index (κ3) is 5.05. The second-order valence-electron chi connectivity index (χ2n) is 5.99. The van der Waals surface area contributed by atoms with Gasteiger partial charge < -0.3 is 14.2 Å². The minimum absolute atomic E-state index is 0.00540. The van der Waals surface area contributed by atoms with E-state index >= 15 is 0 Å². The molecule has 0 aliphatic heterocycles. The molecule has 0 unspecified atom stereocenters. The van der Waals surface area contributed by atoms with E-state index in [1.165, 1.54) is 50.6 Å². The quantitative estimate of drug-likeness (QED) is 0.604. The number of ether oxygens (including phenoxy) is 3. The highest BCUT2D eigenvalue weighted by Gasteiger charge is 2.28. The Morgan fingerprint density at radius 3 is 2.21 bits per heavy atom. The van der Waals surface area contributed by atoms with Gasteiger partial charge in [-0.25, -0.2) is 13.2 Å². The summed E-state index contributed by atoms with van der Waals surface area (Å²) in [6, 6.07) is 10.2. The fraction of sp³-hybridized carbons (Fsp3) is 0.300. The van der Waals surface area contributed by atoms with Gasteiger partial charge in [-0.1, -0.05) is 0 Å². The summed E-state index contributed by atoms with van der Waals surface area (Å²) in [6.45, 7) is 3.10. The van der Waals surface area contributed by atoms with E-state index in [2.05, 4.69) is 4.74 Å². The number of hydrogen-bond acceptors (Lipinski definition) is 7. The van der Waals surface area contributed by atoms with Gasteiger partial charge in [0.15, 0.2) is 0 Å². The van der Waals surface area contributed by atoms with E-state index in [4.69, 9.17) is 9.47 Å². The molecule has 2 aromatic carbocycles. The Balaban J connectivity index is 2.48. The first kappa shape index (κ1) is 22.2. The molecule has 8 nitrogen and oxygen atoms in total. The molecule has 2 rings (SSSR count). The fourth-order valence-corrected chi connectivity index (χ4v) is 4.11. The van der Waals surface area contributed by atoms with Gasteiger partial charge in [-0.3, -0.25) is 9.10 Å². The maximum absolute atomic E-state index is 13.2. The standard InChI is InChI=1S/C20H23NO7S/c1-5-28-20(23)15-6-8-16(9-7-15)21(13-19(22)27-4)29(24,25)17-10-11-18(26-3)14(2)12-17/h6-12H,5,13H2,1-4H3. The molecule has 0 heterocycles. The van der Waals surface area contributed by atoms with Crippen LogP contribution >= 0.6 is 0 Å². The zero-order valence-electron chi connectivity index (χ0n) is 16.7. The van der Waals surface area contributed by atoms with Crippen molar-refractivity contribution in [2.45, 2.75) is 18.7 Å². The normalized spacial score (nSPS) is 10.9. The van der Waals surface area contributed by atoms with E-state index in [0.717, 1.165) is 4.31 Å². The van der Waals surface area contributed by atoms with Gasteiger partial charge in [0.2, 0.25) is 0 Å². The Kier molecular flexibility index (Phi) is 7.22. The third-order valence-electron chi connectivity index (χ3n) is 4.12. The molecule has 0 aliphatic rings. The van der Waals surface area contributed by atoms with Crippen molar-refractivity contribution in [2.24, 2.45) is 0 Å². The Morgan fingerprint density at radius 1 is 1.03 bits per heavy atom. The Labute approximate surface area is 170 Å². The van der Waals surface area contributed by atoms with E-state index < -0.39 is 28.5 Å². The maximum atomic E-state index is 13.2. The van der Waals surface area contributed by atoms with Gasteiger partial charge in [-0.2, -0.15) is 0 Å². The van der Waals surface area contributed by atoms with Crippen molar-refractivity contribution in [3.8, 4) is 5.75 Å². The number of sulfonamides is 1. The van der Waals surface area contributed by atoms with Crippen LogP contribution in [0.5, 0.6) is 5.75 Å². The lowest BCUT2D eigenvalue weighted by atomic mass is 10.2. The molecule has 0 radical (unpaired) electrons. The highest BCUT2D eigenvalue weighted by Crippen LogP contribution is 2.27. The number of esters is 2. The van der Waals surface area contributed by atoms with E-state index in [1.807, 2.05) is 0 Å². The molecule has 0 saturated heterocycles. The molecular weight excluding hydrogens is 398 g/mol. The van der Waals surface area contributed by atoms with Crippen LogP contribution in [0, 0.1) is 6.92 Å². The van der Waals surface area contributed by atoms with Gasteiger partial charge in [0.25, 0.3) is 10.0 Å². The van der Waals surface area contributed by atoms with Crippen LogP contribution in [0.25, 0.3) is 0 Å². The number of hydrogen-bond donors (Lipinski definition) is 0. The molecule has 0 N–H and O–H groups in total. The first-order valence-electron chi connectivity index (χ1n) is 8.76. The van der Waals surface area contributed by atoms with Crippen molar-refractivity contribution >= 4 is 27.6 Å². The zero-order valence-corrected chi connectivity index (χ0v) is 17.5. The van der Waals surface area contributed by atoms with Crippen molar-refractivity contribution in [3.63, 3.8) is 0 Å². The fourth-order valence-electron chi connectivity index (χ4n) is 2.61. The predicted octanol–water partition coefficient (Wildman–Crippen LogP) is 2.55. The van der Waals surface area contributed by atoms with Crippen LogP contribution in [0.1, 0.15) is 22.8 Å². The number of carbonyl (C=O) groups is 2. The summed E-state index contributed by atoms with van der Waals surface area (Å²) >= 11 is 0. The molecule has 0 amide bonds. The van der Waals surface area contributed by atoms with Crippen molar-refractivity contribution < 1.29 is 32.2 Å². The summed E-state index contributed by atoms with van der Waals surface area (Å²) in [5, 5.41) is 0. The van der Waals surface area contributed by atoms with E-state index in [1.54, 1.807) is 19.9 Å². The van der Waals surface area contributed by atoms with Crippen LogP contribution in [0.2, 0.25) is 0 Å². The first-order valence-corrected chi connectivity index (χ1v) is 10.2. The molecular formula is C20H23NO7S. The SMILES string of the molecule is CCOC(=O)c1ccc(N(CC(=O)OC)S(=O)(=O)c2ccc(OC)c(C)c2)cc1. The van der Waals surface area contributed by atoms with E-state index in [-0.39, 0.29) is 22.8 Å². The van der Waals surface area contributed by atoms with Gasteiger partial charge in [0, 0.05) is 0 Å². The number of nitrogens with zero attached hydrogens (tertiary/aromatic N) is 1. The largest absolute Gasteiger partial charge is 0.496 e. The topological polar surface area (TPSA) is 99.2 Å². The molecule has 2 aromatic rings. The van der Waals surface area contributed by atoms with Crippen molar-refractivity contribution in [1.29, 1.82) is 0 Å². The van der Waals surface area contributed by atoms with Gasteiger partial charge in [0.05, 0.1) is 37.0 Å². The summed E-state index contributed by atoms with van der Waals surface area (Å²) in [5.41, 5.74) is 1.10. The van der Waals surface area contributed by atoms with Crippen molar-refractivity contribution in [1.82, 2.24) is 0 Å². The Hall–Kier alpha value is -3.07. The lowest BCUT2D eigenvalue weighted by Crippen LogP contribution is -2.36. The minimum Gasteiger partial charge on any atom is -0.496 e. The number of anilines is 1. The highest BCUT2D eigenvalue weighted by atomic mass is 32.2. The van der Waals surface area contributed by atoms with Crippen LogP contribution in [0.3, 0.4) is 0 Å². The first-order chi connectivity index (χ1) is 13.7. The Bertz CT molecular complexity index is 984. The van der Waals surface area contributed by atoms with E-state index in [9.17, 15) is 18.0 Å². The number of aryl methyl sites for hydroxylation is 1. The molecule has 0 atom stereocenters. The van der Waals surface area contributed by atoms with Gasteiger partial charge >= 0.3 is 11.9 Å². The third-order valence-corrected chi connectivity index (χ3v) is 5.89. The van der Waals surface area contributed by atoms with Crippen molar-refractivity contribution in [2.75, 3.05) is 31.7 Å². The molecule has 0 spiro atoms. The average molecular weight is 421 g/mol. The average Bonchev–Trinajstić information content (AvgIpc) is 2.71. The second kappa shape index (κ2) is 9.42. The molecule has 0 fully saturated rings. The molecule has 9 heteroatoms. The number of benzene rings is 2. The van der Waals surface area contributed by atoms with Gasteiger partial charge in [-0.05, 0) is 61.9 Å². The summed E-state index contributed by atoms with van der Waals surface area (Å²) in [6.07, 6.45) is 0. The van der Waals surface area contributed by atoms with Crippen LogP contribution in [-0.4, -0.2) is 47.7 Å². The summed E-state index contributed by atoms with van der Waals surface area (Å²) < 4.78 is 42.2. The number of rotatable bonds is 8. The van der Waals surface area contributed by atoms with E-state index in [0.29, 0.717) is 11.3 Å². The predicted molar refractivity (Wildman–Crippen MR) is 107 cm³/mol. The number of carbonyl (C=O) groups excluding carboxylic acids is 2. The van der Waals surface area contributed by atoms with Gasteiger partial charge in [0.1, 0.15) is 12.3 Å². The van der Waals surface area contributed by atoms with Crippen LogP contribution in [0.15, 0.2) is 47.4 Å². The summed E-state index contributed by atoms with van der Waals surface area (Å²) in [5.74, 6) is -0.706. The second-order valence-corrected chi connectivity index (χ2v) is 7.85. The lowest BCUT2D eigenvalue weighted by molar-refractivity contribution is -0.138. The van der Waals surface area contributed by atoms with Gasteiger partial charge in [-0.15, -0.1) is 0 Å². The van der Waals surface area contributed by atoms with Crippen LogP contribution < -0.4 is 9.04 Å². The molecule has 0 aromatic heterocycles. The number of methoxy groups -OCH3 is 2. The Morgan fingerprint density at radius 2 is 1.69 bits per heavy atom. The molecule has 29 heavy (non-hydrogen) atoms. The minimum atomic E-state index is -4.09. The molecule has 0 bridgehead atoms. The monoisotopic (exact) mass is 421 g/mol. The lowest BCUT2D eigenvalue weighted by Gasteiger charge is -2.24. The maximum Gasteiger partial charge on any atom is 0.338 e. The summed E-state index contributed by atoms with van der Waals surface area (Å²) in [7, 11) is -1.42.